The number of rotatable bonds is 3. The zero-order chi connectivity index (χ0) is 19.3. The molecule has 1 N–H and O–H groups in total. The van der Waals surface area contributed by atoms with Gasteiger partial charge < -0.3 is 9.13 Å². The lowest BCUT2D eigenvalue weighted by molar-refractivity contribution is 0.691. The van der Waals surface area contributed by atoms with Crippen LogP contribution in [0.1, 0.15) is 11.3 Å². The normalized spacial score (nSPS) is 11.4. The lowest BCUT2D eigenvalue weighted by atomic mass is 10.1. The molecule has 0 spiro atoms. The minimum Gasteiger partial charge on any atom is -0.332 e. The highest BCUT2D eigenvalue weighted by molar-refractivity contribution is 6.29. The highest BCUT2D eigenvalue weighted by Gasteiger charge is 2.15. The predicted molar refractivity (Wildman–Crippen MR) is 105 cm³/mol. The first-order valence-corrected chi connectivity index (χ1v) is 9.03. The van der Waals surface area contributed by atoms with E-state index in [9.17, 15) is 0 Å². The van der Waals surface area contributed by atoms with Crippen LogP contribution in [0.15, 0.2) is 30.5 Å². The standard InChI is InChI=1S/C18H17Cl2N7/c1-10-14-16(24-17(20)22-10)27(18(21)26(14)3)8-11-4-6-12(7-5-11)15-23-13(19)9-25(15)2/h4-7,9,21H,8H2,1-3H3. The molecule has 4 aromatic rings. The van der Waals surface area contributed by atoms with Crippen LogP contribution in [0.25, 0.3) is 22.6 Å². The molecule has 3 heterocycles. The number of fused-ring (bicyclic) bond motifs is 1. The third-order valence-corrected chi connectivity index (χ3v) is 4.93. The van der Waals surface area contributed by atoms with Crippen molar-refractivity contribution in [3.8, 4) is 11.4 Å². The molecule has 138 valence electrons. The molecule has 7 nitrogen and oxygen atoms in total. The van der Waals surface area contributed by atoms with E-state index >= 15 is 0 Å². The second-order valence-electron chi connectivity index (χ2n) is 6.41. The summed E-state index contributed by atoms with van der Waals surface area (Å²) >= 11 is 12.0. The molecule has 0 unspecified atom stereocenters. The Morgan fingerprint density at radius 2 is 1.74 bits per heavy atom. The molecule has 9 heteroatoms. The zero-order valence-corrected chi connectivity index (χ0v) is 16.5. The van der Waals surface area contributed by atoms with Gasteiger partial charge in [-0.25, -0.2) is 9.97 Å². The van der Waals surface area contributed by atoms with Crippen molar-refractivity contribution in [2.75, 3.05) is 0 Å². The molecule has 0 atom stereocenters. The number of halogens is 2. The number of hydrogen-bond donors (Lipinski definition) is 1. The quantitative estimate of drug-likeness (QED) is 0.534. The van der Waals surface area contributed by atoms with Gasteiger partial charge in [-0.2, -0.15) is 4.98 Å². The van der Waals surface area contributed by atoms with E-state index in [0.717, 1.165) is 28.2 Å². The van der Waals surface area contributed by atoms with Gasteiger partial charge in [-0.05, 0) is 24.1 Å². The number of hydrogen-bond acceptors (Lipinski definition) is 4. The molecule has 0 saturated heterocycles. The van der Waals surface area contributed by atoms with Gasteiger partial charge in [0.2, 0.25) is 10.9 Å². The predicted octanol–water partition coefficient (Wildman–Crippen LogP) is 3.31. The summed E-state index contributed by atoms with van der Waals surface area (Å²) in [5.74, 6) is 0.806. The van der Waals surface area contributed by atoms with Crippen molar-refractivity contribution in [2.45, 2.75) is 13.5 Å². The van der Waals surface area contributed by atoms with Crippen LogP contribution in [0.5, 0.6) is 0 Å². The number of aryl methyl sites for hydroxylation is 3. The minimum atomic E-state index is 0.182. The highest BCUT2D eigenvalue weighted by atomic mass is 35.5. The molecule has 27 heavy (non-hydrogen) atoms. The fraction of sp³-hybridized carbons (Fsp3) is 0.222. The lowest BCUT2D eigenvalue weighted by Gasteiger charge is -2.07. The second kappa shape index (κ2) is 6.51. The van der Waals surface area contributed by atoms with E-state index in [0.29, 0.717) is 23.0 Å². The Kier molecular flexibility index (Phi) is 4.28. The summed E-state index contributed by atoms with van der Waals surface area (Å²) in [6.45, 7) is 2.37. The molecule has 3 aromatic heterocycles. The lowest BCUT2D eigenvalue weighted by Crippen LogP contribution is -2.23. The van der Waals surface area contributed by atoms with Gasteiger partial charge >= 0.3 is 0 Å². The SMILES string of the molecule is Cc1nc(Cl)nc2c1n(C)c(=N)n2Cc1ccc(-c2nc(Cl)cn2C)cc1. The maximum atomic E-state index is 8.43. The van der Waals surface area contributed by atoms with Crippen molar-refractivity contribution >= 4 is 34.4 Å². The number of aromatic nitrogens is 6. The van der Waals surface area contributed by atoms with Crippen molar-refractivity contribution in [2.24, 2.45) is 14.1 Å². The number of imidazole rings is 2. The number of benzene rings is 1. The molecule has 0 bridgehead atoms. The molecule has 4 rings (SSSR count). The van der Waals surface area contributed by atoms with E-state index in [-0.39, 0.29) is 5.28 Å². The average molecular weight is 402 g/mol. The topological polar surface area (TPSA) is 77.3 Å². The van der Waals surface area contributed by atoms with E-state index < -0.39 is 0 Å². The number of nitrogens with zero attached hydrogens (tertiary/aromatic N) is 6. The summed E-state index contributed by atoms with van der Waals surface area (Å²) in [6, 6.07) is 8.02. The van der Waals surface area contributed by atoms with E-state index in [1.54, 1.807) is 10.8 Å². The van der Waals surface area contributed by atoms with Crippen LogP contribution in [-0.4, -0.2) is 28.7 Å². The summed E-state index contributed by atoms with van der Waals surface area (Å²) in [6.07, 6.45) is 1.77. The summed E-state index contributed by atoms with van der Waals surface area (Å²) < 4.78 is 5.48. The van der Waals surface area contributed by atoms with Gasteiger partial charge in [-0.1, -0.05) is 35.9 Å². The van der Waals surface area contributed by atoms with Crippen LogP contribution in [0.4, 0.5) is 0 Å². The molecule has 0 aliphatic carbocycles. The monoisotopic (exact) mass is 401 g/mol. The largest absolute Gasteiger partial charge is 0.332 e. The molecule has 0 saturated carbocycles. The Hall–Kier alpha value is -2.64. The van der Waals surface area contributed by atoms with Gasteiger partial charge in [0.1, 0.15) is 16.5 Å². The van der Waals surface area contributed by atoms with Gasteiger partial charge in [-0.3, -0.25) is 9.98 Å². The number of nitrogens with one attached hydrogen (secondary N) is 1. The maximum Gasteiger partial charge on any atom is 0.224 e. The molecule has 0 fully saturated rings. The van der Waals surface area contributed by atoms with E-state index in [1.165, 1.54) is 0 Å². The van der Waals surface area contributed by atoms with Crippen molar-refractivity contribution < 1.29 is 0 Å². The minimum absolute atomic E-state index is 0.182. The third kappa shape index (κ3) is 3.02. The molecule has 0 amide bonds. The molecule has 0 aliphatic heterocycles. The second-order valence-corrected chi connectivity index (χ2v) is 7.14. The van der Waals surface area contributed by atoms with Crippen LogP contribution in [0, 0.1) is 12.3 Å². The maximum absolute atomic E-state index is 8.43. The summed E-state index contributed by atoms with van der Waals surface area (Å²) in [7, 11) is 3.74. The van der Waals surface area contributed by atoms with Crippen LogP contribution < -0.4 is 5.62 Å². The first kappa shape index (κ1) is 17.8. The third-order valence-electron chi connectivity index (χ3n) is 4.58. The summed E-state index contributed by atoms with van der Waals surface area (Å²) in [5.41, 5.74) is 4.57. The molecular formula is C18H17Cl2N7. The highest BCUT2D eigenvalue weighted by Crippen LogP contribution is 2.22. The zero-order valence-electron chi connectivity index (χ0n) is 15.0. The van der Waals surface area contributed by atoms with Crippen molar-refractivity contribution in [3.63, 3.8) is 0 Å². The van der Waals surface area contributed by atoms with Gasteiger partial charge in [-0.15, -0.1) is 0 Å². The molecular weight excluding hydrogens is 385 g/mol. The van der Waals surface area contributed by atoms with E-state index in [2.05, 4.69) is 15.0 Å². The first-order chi connectivity index (χ1) is 12.8. The Balaban J connectivity index is 1.74. The van der Waals surface area contributed by atoms with E-state index in [1.807, 2.05) is 54.4 Å². The van der Waals surface area contributed by atoms with Gasteiger partial charge in [0, 0.05) is 25.9 Å². The summed E-state index contributed by atoms with van der Waals surface area (Å²) in [4.78, 5) is 12.9. The molecule has 1 aromatic carbocycles. The van der Waals surface area contributed by atoms with Crippen LogP contribution >= 0.6 is 23.2 Å². The van der Waals surface area contributed by atoms with Crippen molar-refractivity contribution in [1.29, 1.82) is 5.41 Å². The first-order valence-electron chi connectivity index (χ1n) is 8.27. The van der Waals surface area contributed by atoms with Crippen LogP contribution in [-0.2, 0) is 20.6 Å². The van der Waals surface area contributed by atoms with Gasteiger partial charge in [0.25, 0.3) is 0 Å². The summed E-state index contributed by atoms with van der Waals surface area (Å²) in [5, 5.41) is 9.08. The smallest absolute Gasteiger partial charge is 0.224 e. The van der Waals surface area contributed by atoms with Gasteiger partial charge in [0.05, 0.1) is 12.2 Å². The molecule has 0 aliphatic rings. The van der Waals surface area contributed by atoms with E-state index in [4.69, 9.17) is 28.6 Å². The Morgan fingerprint density at radius 1 is 1.04 bits per heavy atom. The van der Waals surface area contributed by atoms with Crippen LogP contribution in [0.3, 0.4) is 0 Å². The van der Waals surface area contributed by atoms with Crippen molar-refractivity contribution in [1.82, 2.24) is 28.7 Å². The Morgan fingerprint density at radius 3 is 2.37 bits per heavy atom. The van der Waals surface area contributed by atoms with Crippen molar-refractivity contribution in [3.05, 3.63) is 57.8 Å². The Bertz CT molecular complexity index is 1220. The Labute approximate surface area is 165 Å². The fourth-order valence-corrected chi connectivity index (χ4v) is 3.71. The van der Waals surface area contributed by atoms with Crippen LogP contribution in [0.2, 0.25) is 10.4 Å². The fourth-order valence-electron chi connectivity index (χ4n) is 3.28. The van der Waals surface area contributed by atoms with Gasteiger partial charge in [0.15, 0.2) is 5.65 Å². The molecule has 0 radical (unpaired) electrons. The average Bonchev–Trinajstić information content (AvgIpc) is 3.07.